The molecule has 2 aromatic rings. The maximum absolute atomic E-state index is 12.4. The fourth-order valence-corrected chi connectivity index (χ4v) is 3.49. The second-order valence-corrected chi connectivity index (χ2v) is 7.36. The van der Waals surface area contributed by atoms with E-state index in [1.807, 2.05) is 35.2 Å². The summed E-state index contributed by atoms with van der Waals surface area (Å²) in [6.07, 6.45) is 7.94. The maximum Gasteiger partial charge on any atom is 0.246 e. The second-order valence-electron chi connectivity index (χ2n) is 7.36. The average molecular weight is 379 g/mol. The van der Waals surface area contributed by atoms with E-state index in [0.29, 0.717) is 0 Å². The van der Waals surface area contributed by atoms with Crippen molar-refractivity contribution in [3.8, 4) is 5.75 Å². The highest BCUT2D eigenvalue weighted by atomic mass is 16.5. The first-order valence-electron chi connectivity index (χ1n) is 10.1. The SMILES string of the molecule is COc1ccc(N[C@H](C/C=C/C(=O)N2CCCCC2)c2ccc(C)cc2)cc1. The number of hydrogen-bond donors (Lipinski definition) is 1. The van der Waals surface area contributed by atoms with E-state index in [-0.39, 0.29) is 11.9 Å². The molecular weight excluding hydrogens is 348 g/mol. The third-order valence-corrected chi connectivity index (χ3v) is 5.21. The molecule has 0 aliphatic carbocycles. The van der Waals surface area contributed by atoms with Gasteiger partial charge in [-0.05, 0) is 68.5 Å². The summed E-state index contributed by atoms with van der Waals surface area (Å²) in [5.41, 5.74) is 3.47. The van der Waals surface area contributed by atoms with Crippen LogP contribution in [0.4, 0.5) is 5.69 Å². The van der Waals surface area contributed by atoms with Crippen molar-refractivity contribution < 1.29 is 9.53 Å². The first-order chi connectivity index (χ1) is 13.7. The molecule has 4 nitrogen and oxygen atoms in total. The van der Waals surface area contributed by atoms with Crippen LogP contribution < -0.4 is 10.1 Å². The summed E-state index contributed by atoms with van der Waals surface area (Å²) >= 11 is 0. The quantitative estimate of drug-likeness (QED) is 0.680. The topological polar surface area (TPSA) is 41.6 Å². The minimum atomic E-state index is 0.0967. The molecule has 1 saturated heterocycles. The predicted molar refractivity (Wildman–Crippen MR) is 115 cm³/mol. The average Bonchev–Trinajstić information content (AvgIpc) is 2.74. The van der Waals surface area contributed by atoms with E-state index in [9.17, 15) is 4.79 Å². The third kappa shape index (κ3) is 5.62. The number of piperidine rings is 1. The van der Waals surface area contributed by atoms with E-state index in [0.717, 1.165) is 43.8 Å². The summed E-state index contributed by atoms with van der Waals surface area (Å²) in [7, 11) is 1.67. The molecule has 0 unspecified atom stereocenters. The lowest BCUT2D eigenvalue weighted by Crippen LogP contribution is -2.34. The van der Waals surface area contributed by atoms with E-state index in [1.54, 1.807) is 13.2 Å². The van der Waals surface area contributed by atoms with Gasteiger partial charge in [-0.15, -0.1) is 0 Å². The Kier molecular flexibility index (Phi) is 7.12. The molecule has 1 atom stereocenters. The highest BCUT2D eigenvalue weighted by molar-refractivity contribution is 5.87. The van der Waals surface area contributed by atoms with Gasteiger partial charge in [-0.2, -0.15) is 0 Å². The van der Waals surface area contributed by atoms with Crippen LogP contribution >= 0.6 is 0 Å². The number of likely N-dealkylation sites (tertiary alicyclic amines) is 1. The van der Waals surface area contributed by atoms with Gasteiger partial charge in [-0.25, -0.2) is 0 Å². The highest BCUT2D eigenvalue weighted by Gasteiger charge is 2.14. The van der Waals surface area contributed by atoms with E-state index >= 15 is 0 Å². The van der Waals surface area contributed by atoms with Crippen molar-refractivity contribution in [3.05, 3.63) is 71.8 Å². The largest absolute Gasteiger partial charge is 0.497 e. The normalized spacial score (nSPS) is 15.4. The number of carbonyl (C=O) groups excluding carboxylic acids is 1. The Bertz CT molecular complexity index is 775. The molecule has 1 heterocycles. The Morgan fingerprint density at radius 3 is 2.39 bits per heavy atom. The van der Waals surface area contributed by atoms with Crippen LogP contribution in [0.5, 0.6) is 5.75 Å². The van der Waals surface area contributed by atoms with E-state index in [4.69, 9.17) is 4.74 Å². The monoisotopic (exact) mass is 378 g/mol. The molecule has 148 valence electrons. The van der Waals surface area contributed by atoms with Crippen molar-refractivity contribution in [3.63, 3.8) is 0 Å². The number of aryl methyl sites for hydroxylation is 1. The van der Waals surface area contributed by atoms with E-state index in [1.165, 1.54) is 17.5 Å². The molecule has 2 aromatic carbocycles. The zero-order valence-corrected chi connectivity index (χ0v) is 16.9. The first-order valence-corrected chi connectivity index (χ1v) is 10.1. The van der Waals surface area contributed by atoms with Crippen LogP contribution in [-0.4, -0.2) is 31.0 Å². The van der Waals surface area contributed by atoms with Gasteiger partial charge in [-0.1, -0.05) is 35.9 Å². The highest BCUT2D eigenvalue weighted by Crippen LogP contribution is 2.25. The van der Waals surface area contributed by atoms with Gasteiger partial charge in [0.25, 0.3) is 0 Å². The van der Waals surface area contributed by atoms with Crippen LogP contribution in [0.2, 0.25) is 0 Å². The molecule has 3 rings (SSSR count). The van der Waals surface area contributed by atoms with E-state index < -0.39 is 0 Å². The van der Waals surface area contributed by atoms with Crippen molar-refractivity contribution in [1.29, 1.82) is 0 Å². The molecule has 1 aliphatic heterocycles. The molecule has 1 N–H and O–H groups in total. The fraction of sp³-hybridized carbons (Fsp3) is 0.375. The van der Waals surface area contributed by atoms with Gasteiger partial charge in [0.15, 0.2) is 0 Å². The van der Waals surface area contributed by atoms with Crippen LogP contribution in [0.25, 0.3) is 0 Å². The molecule has 0 bridgehead atoms. The van der Waals surface area contributed by atoms with Crippen LogP contribution in [0.3, 0.4) is 0 Å². The first kappa shape index (κ1) is 20.0. The molecule has 1 fully saturated rings. The molecule has 4 heteroatoms. The zero-order valence-electron chi connectivity index (χ0n) is 16.9. The van der Waals surface area contributed by atoms with Crippen molar-refractivity contribution in [2.45, 2.75) is 38.6 Å². The van der Waals surface area contributed by atoms with Gasteiger partial charge in [0.1, 0.15) is 5.75 Å². The number of anilines is 1. The minimum Gasteiger partial charge on any atom is -0.497 e. The van der Waals surface area contributed by atoms with Gasteiger partial charge in [0, 0.05) is 18.8 Å². The summed E-state index contributed by atoms with van der Waals surface area (Å²) in [5, 5.41) is 3.59. The number of benzene rings is 2. The Balaban J connectivity index is 1.69. The summed E-state index contributed by atoms with van der Waals surface area (Å²) in [5.74, 6) is 0.969. The Morgan fingerprint density at radius 2 is 1.75 bits per heavy atom. The van der Waals surface area contributed by atoms with Crippen LogP contribution in [-0.2, 0) is 4.79 Å². The van der Waals surface area contributed by atoms with Gasteiger partial charge in [-0.3, -0.25) is 4.79 Å². The lowest BCUT2D eigenvalue weighted by Gasteiger charge is -2.25. The van der Waals surface area contributed by atoms with Gasteiger partial charge >= 0.3 is 0 Å². The van der Waals surface area contributed by atoms with Crippen molar-refractivity contribution in [2.24, 2.45) is 0 Å². The molecule has 0 aromatic heterocycles. The van der Waals surface area contributed by atoms with Gasteiger partial charge < -0.3 is 15.0 Å². The molecule has 1 amide bonds. The Hall–Kier alpha value is -2.75. The maximum atomic E-state index is 12.4. The molecule has 0 saturated carbocycles. The lowest BCUT2D eigenvalue weighted by atomic mass is 10.0. The minimum absolute atomic E-state index is 0.0967. The molecule has 0 radical (unpaired) electrons. The number of methoxy groups -OCH3 is 1. The van der Waals surface area contributed by atoms with Crippen molar-refractivity contribution in [2.75, 3.05) is 25.5 Å². The van der Waals surface area contributed by atoms with Crippen molar-refractivity contribution in [1.82, 2.24) is 4.90 Å². The number of amides is 1. The molecule has 28 heavy (non-hydrogen) atoms. The van der Waals surface area contributed by atoms with Crippen LogP contribution in [0.15, 0.2) is 60.7 Å². The Morgan fingerprint density at radius 1 is 1.07 bits per heavy atom. The van der Waals surface area contributed by atoms with Crippen LogP contribution in [0, 0.1) is 6.92 Å². The summed E-state index contributed by atoms with van der Waals surface area (Å²) in [4.78, 5) is 14.4. The molecule has 1 aliphatic rings. The lowest BCUT2D eigenvalue weighted by molar-refractivity contribution is -0.126. The number of rotatable bonds is 7. The number of hydrogen-bond acceptors (Lipinski definition) is 3. The zero-order chi connectivity index (χ0) is 19.8. The number of ether oxygens (including phenoxy) is 1. The van der Waals surface area contributed by atoms with Gasteiger partial charge in [0.05, 0.1) is 13.2 Å². The van der Waals surface area contributed by atoms with E-state index in [2.05, 4.69) is 36.5 Å². The van der Waals surface area contributed by atoms with Crippen LogP contribution in [0.1, 0.15) is 42.9 Å². The fourth-order valence-electron chi connectivity index (χ4n) is 3.49. The number of nitrogens with one attached hydrogen (secondary N) is 1. The predicted octanol–water partition coefficient (Wildman–Crippen LogP) is 5.12. The van der Waals surface area contributed by atoms with Gasteiger partial charge in [0.2, 0.25) is 5.91 Å². The Labute approximate surface area is 168 Å². The van der Waals surface area contributed by atoms with Crippen molar-refractivity contribution >= 4 is 11.6 Å². The standard InChI is InChI=1S/C24H30N2O2/c1-19-9-11-20(12-10-19)23(25-21-13-15-22(28-2)16-14-21)7-6-8-24(27)26-17-4-3-5-18-26/h6,8-16,23,25H,3-5,7,17-18H2,1-2H3/b8-6+/t23-/m1/s1. The summed E-state index contributed by atoms with van der Waals surface area (Å²) in [6, 6.07) is 16.6. The third-order valence-electron chi connectivity index (χ3n) is 5.21. The number of carbonyl (C=O) groups is 1. The summed E-state index contributed by atoms with van der Waals surface area (Å²) in [6.45, 7) is 3.86. The second kappa shape index (κ2) is 9.98. The molecular formula is C24H30N2O2. The summed E-state index contributed by atoms with van der Waals surface area (Å²) < 4.78 is 5.24. The molecule has 0 spiro atoms. The number of nitrogens with zero attached hydrogens (tertiary/aromatic N) is 1. The smallest absolute Gasteiger partial charge is 0.246 e.